The molecule has 0 aliphatic heterocycles. The van der Waals surface area contributed by atoms with E-state index in [4.69, 9.17) is 26.1 Å². The summed E-state index contributed by atoms with van der Waals surface area (Å²) >= 11 is 5.56. The minimum atomic E-state index is -3.74. The summed E-state index contributed by atoms with van der Waals surface area (Å²) in [5, 5.41) is 3.69. The predicted octanol–water partition coefficient (Wildman–Crippen LogP) is 3.00. The molecule has 0 amide bonds. The van der Waals surface area contributed by atoms with Crippen LogP contribution in [0.4, 0.5) is 0 Å². The van der Waals surface area contributed by atoms with Crippen LogP contribution in [0.5, 0.6) is 5.75 Å². The number of imidazole rings is 1. The lowest BCUT2D eigenvalue weighted by Crippen LogP contribution is -2.39. The average Bonchev–Trinajstić information content (AvgIpc) is 3.47. The molecule has 11 heteroatoms. The zero-order chi connectivity index (χ0) is 24.6. The van der Waals surface area contributed by atoms with Crippen molar-refractivity contribution in [3.63, 3.8) is 0 Å². The number of hydrogen-bond acceptors (Lipinski definition) is 7. The fourth-order valence-corrected chi connectivity index (χ4v) is 5.26. The third-order valence-electron chi connectivity index (χ3n) is 5.08. The lowest BCUT2D eigenvalue weighted by molar-refractivity contribution is 0.182. The van der Waals surface area contributed by atoms with Gasteiger partial charge >= 0.3 is 0 Å². The van der Waals surface area contributed by atoms with Crippen LogP contribution in [0.1, 0.15) is 23.9 Å². The molecule has 2 aromatic heterocycles. The SMILES string of the molecule is CCNC(=S)N(Cc1ccco1)Cc1cnc(S(=O)(=O)Cc2cccc(OC)c2)n1CCOC. The smallest absolute Gasteiger partial charge is 0.228 e. The first-order valence-corrected chi connectivity index (χ1v) is 12.9. The minimum absolute atomic E-state index is 0.00492. The summed E-state index contributed by atoms with van der Waals surface area (Å²) in [6, 6.07) is 10.7. The normalized spacial score (nSPS) is 11.4. The lowest BCUT2D eigenvalue weighted by atomic mass is 10.2. The number of nitrogens with one attached hydrogen (secondary N) is 1. The summed E-state index contributed by atoms with van der Waals surface area (Å²) in [5.74, 6) is 1.15. The van der Waals surface area contributed by atoms with Gasteiger partial charge in [-0.25, -0.2) is 13.4 Å². The first-order chi connectivity index (χ1) is 16.4. The summed E-state index contributed by atoms with van der Waals surface area (Å²) < 4.78 is 44.3. The molecule has 9 nitrogen and oxygen atoms in total. The van der Waals surface area contributed by atoms with Crippen LogP contribution in [-0.4, -0.2) is 55.4 Å². The van der Waals surface area contributed by atoms with E-state index in [1.165, 1.54) is 0 Å². The predicted molar refractivity (Wildman–Crippen MR) is 132 cm³/mol. The van der Waals surface area contributed by atoms with Crippen molar-refractivity contribution in [2.24, 2.45) is 0 Å². The summed E-state index contributed by atoms with van der Waals surface area (Å²) in [6.07, 6.45) is 3.19. The molecule has 34 heavy (non-hydrogen) atoms. The van der Waals surface area contributed by atoms with Gasteiger partial charge in [-0.15, -0.1) is 0 Å². The Morgan fingerprint density at radius 2 is 2.06 bits per heavy atom. The fourth-order valence-electron chi connectivity index (χ4n) is 3.48. The van der Waals surface area contributed by atoms with E-state index in [2.05, 4.69) is 10.3 Å². The molecule has 0 bridgehead atoms. The molecule has 0 aliphatic rings. The quantitative estimate of drug-likeness (QED) is 0.372. The molecule has 184 valence electrons. The highest BCUT2D eigenvalue weighted by molar-refractivity contribution is 7.90. The van der Waals surface area contributed by atoms with E-state index in [9.17, 15) is 8.42 Å². The monoisotopic (exact) mass is 506 g/mol. The second-order valence-electron chi connectivity index (χ2n) is 7.56. The van der Waals surface area contributed by atoms with Crippen LogP contribution in [0, 0.1) is 0 Å². The highest BCUT2D eigenvalue weighted by atomic mass is 32.2. The van der Waals surface area contributed by atoms with Crippen LogP contribution in [0.15, 0.2) is 58.4 Å². The first-order valence-electron chi connectivity index (χ1n) is 10.8. The van der Waals surface area contributed by atoms with Crippen LogP contribution in [0.2, 0.25) is 0 Å². The number of hydrogen-bond donors (Lipinski definition) is 1. The zero-order valence-corrected chi connectivity index (χ0v) is 21.2. The molecule has 0 radical (unpaired) electrons. The van der Waals surface area contributed by atoms with Crippen molar-refractivity contribution in [2.45, 2.75) is 37.5 Å². The molecule has 0 aliphatic carbocycles. The van der Waals surface area contributed by atoms with Gasteiger partial charge in [-0.2, -0.15) is 0 Å². The molecule has 0 spiro atoms. The highest BCUT2D eigenvalue weighted by Crippen LogP contribution is 2.22. The van der Waals surface area contributed by atoms with Crippen molar-refractivity contribution in [3.8, 4) is 5.75 Å². The molecule has 1 N–H and O–H groups in total. The van der Waals surface area contributed by atoms with E-state index in [1.807, 2.05) is 24.0 Å². The van der Waals surface area contributed by atoms with Gasteiger partial charge in [0.1, 0.15) is 11.5 Å². The van der Waals surface area contributed by atoms with Gasteiger partial charge in [0, 0.05) is 20.2 Å². The van der Waals surface area contributed by atoms with E-state index in [0.717, 1.165) is 5.76 Å². The van der Waals surface area contributed by atoms with E-state index < -0.39 is 9.84 Å². The topological polar surface area (TPSA) is 98.8 Å². The number of furan rings is 1. The molecule has 3 aromatic rings. The van der Waals surface area contributed by atoms with Crippen molar-refractivity contribution in [3.05, 3.63) is 65.9 Å². The summed E-state index contributed by atoms with van der Waals surface area (Å²) in [4.78, 5) is 6.22. The number of benzene rings is 1. The average molecular weight is 507 g/mol. The molecule has 1 aromatic carbocycles. The molecular formula is C23H30N4O5S2. The minimum Gasteiger partial charge on any atom is -0.497 e. The van der Waals surface area contributed by atoms with Gasteiger partial charge in [0.15, 0.2) is 5.11 Å². The van der Waals surface area contributed by atoms with E-state index >= 15 is 0 Å². The third kappa shape index (κ3) is 6.58. The molecule has 0 atom stereocenters. The Morgan fingerprint density at radius 3 is 2.74 bits per heavy atom. The van der Waals surface area contributed by atoms with Crippen molar-refractivity contribution in [1.29, 1.82) is 0 Å². The molecular weight excluding hydrogens is 476 g/mol. The maximum atomic E-state index is 13.3. The van der Waals surface area contributed by atoms with Gasteiger partial charge in [-0.3, -0.25) is 0 Å². The molecule has 3 rings (SSSR count). The molecule has 0 fully saturated rings. The Hall–Kier alpha value is -2.89. The van der Waals surface area contributed by atoms with Crippen LogP contribution >= 0.6 is 12.2 Å². The van der Waals surface area contributed by atoms with Crippen molar-refractivity contribution >= 4 is 27.2 Å². The zero-order valence-electron chi connectivity index (χ0n) is 19.6. The van der Waals surface area contributed by atoms with Crippen LogP contribution < -0.4 is 10.1 Å². The standard InChI is InChI=1S/C23H30N4O5S2/c1-4-24-22(33)26(16-21-9-6-11-32-21)15-19-14-25-23(27(19)10-12-30-2)34(28,29)17-18-7-5-8-20(13-18)31-3/h5-9,11,13-14H,4,10,12,15-17H2,1-3H3,(H,24,33). The number of thiocarbonyl (C=S) groups is 1. The number of ether oxygens (including phenoxy) is 2. The number of sulfone groups is 1. The van der Waals surface area contributed by atoms with E-state index in [-0.39, 0.29) is 10.9 Å². The largest absolute Gasteiger partial charge is 0.497 e. The maximum absolute atomic E-state index is 13.3. The number of nitrogens with zero attached hydrogens (tertiary/aromatic N) is 3. The van der Waals surface area contributed by atoms with Crippen LogP contribution in [0.25, 0.3) is 0 Å². The Kier molecular flexibility index (Phi) is 9.08. The first kappa shape index (κ1) is 25.7. The van der Waals surface area contributed by atoms with Gasteiger partial charge in [0.05, 0.1) is 50.7 Å². The van der Waals surface area contributed by atoms with Gasteiger partial charge in [0.2, 0.25) is 15.0 Å². The Bertz CT molecular complexity index is 1180. The Balaban J connectivity index is 1.91. The van der Waals surface area contributed by atoms with Crippen LogP contribution in [-0.2, 0) is 40.0 Å². The van der Waals surface area contributed by atoms with Gasteiger partial charge < -0.3 is 28.7 Å². The van der Waals surface area contributed by atoms with Crippen molar-refractivity contribution in [1.82, 2.24) is 19.8 Å². The molecule has 0 unspecified atom stereocenters. The summed E-state index contributed by atoms with van der Waals surface area (Å²) in [6.45, 7) is 4.07. The van der Waals surface area contributed by atoms with E-state index in [0.29, 0.717) is 54.9 Å². The molecule has 0 saturated carbocycles. The highest BCUT2D eigenvalue weighted by Gasteiger charge is 2.25. The Labute approximate surface area is 205 Å². The Morgan fingerprint density at radius 1 is 1.24 bits per heavy atom. The maximum Gasteiger partial charge on any atom is 0.228 e. The summed E-state index contributed by atoms with van der Waals surface area (Å²) in [7, 11) is -0.620. The second-order valence-corrected chi connectivity index (χ2v) is 9.83. The van der Waals surface area contributed by atoms with Gasteiger partial charge in [-0.1, -0.05) is 12.1 Å². The van der Waals surface area contributed by atoms with Crippen LogP contribution in [0.3, 0.4) is 0 Å². The fraction of sp³-hybridized carbons (Fsp3) is 0.391. The van der Waals surface area contributed by atoms with Gasteiger partial charge in [0.25, 0.3) is 0 Å². The molecule has 0 saturated heterocycles. The van der Waals surface area contributed by atoms with Crippen molar-refractivity contribution < 1.29 is 22.3 Å². The second kappa shape index (κ2) is 12.0. The van der Waals surface area contributed by atoms with Crippen molar-refractivity contribution in [2.75, 3.05) is 27.4 Å². The summed E-state index contributed by atoms with van der Waals surface area (Å²) in [5.41, 5.74) is 1.32. The lowest BCUT2D eigenvalue weighted by Gasteiger charge is -2.25. The number of methoxy groups -OCH3 is 2. The van der Waals surface area contributed by atoms with Gasteiger partial charge in [-0.05, 0) is 49.0 Å². The number of rotatable bonds is 12. The third-order valence-corrected chi connectivity index (χ3v) is 7.08. The van der Waals surface area contributed by atoms with E-state index in [1.54, 1.807) is 55.5 Å². The molecule has 2 heterocycles. The number of aromatic nitrogens is 2.